The number of aryl methyl sites for hydroxylation is 1. The van der Waals surface area contributed by atoms with Crippen molar-refractivity contribution in [3.05, 3.63) is 28.2 Å². The molecule has 0 aromatic carbocycles. The van der Waals surface area contributed by atoms with E-state index in [1.807, 2.05) is 13.8 Å². The molecule has 7 nitrogen and oxygen atoms in total. The van der Waals surface area contributed by atoms with Gasteiger partial charge in [0.05, 0.1) is 0 Å². The van der Waals surface area contributed by atoms with Gasteiger partial charge in [0.2, 0.25) is 0 Å². The first-order valence-electron chi connectivity index (χ1n) is 5.89. The number of nitrogens with one attached hydrogen (secondary N) is 1. The lowest BCUT2D eigenvalue weighted by Gasteiger charge is -2.16. The second-order valence-corrected chi connectivity index (χ2v) is 4.67. The van der Waals surface area contributed by atoms with Gasteiger partial charge in [-0.2, -0.15) is 5.10 Å². The highest BCUT2D eigenvalue weighted by Gasteiger charge is 2.22. The van der Waals surface area contributed by atoms with Gasteiger partial charge in [-0.15, -0.1) is 0 Å². The number of amides is 1. The van der Waals surface area contributed by atoms with Crippen molar-refractivity contribution in [2.45, 2.75) is 26.3 Å². The third-order valence-electron chi connectivity index (χ3n) is 2.50. The van der Waals surface area contributed by atoms with Crippen LogP contribution in [0.15, 0.2) is 16.9 Å². The zero-order valence-corrected chi connectivity index (χ0v) is 11.1. The Kier molecular flexibility index (Phi) is 4.80. The Labute approximate surface area is 110 Å². The number of rotatable bonds is 5. The molecule has 1 aromatic rings. The number of carbonyl (C=O) groups excluding carboxylic acids is 1. The van der Waals surface area contributed by atoms with Crippen LogP contribution in [0.5, 0.6) is 0 Å². The van der Waals surface area contributed by atoms with E-state index in [-0.39, 0.29) is 17.2 Å². The molecule has 104 valence electrons. The van der Waals surface area contributed by atoms with Crippen LogP contribution in [0.25, 0.3) is 0 Å². The van der Waals surface area contributed by atoms with E-state index in [1.165, 1.54) is 19.2 Å². The highest BCUT2D eigenvalue weighted by molar-refractivity contribution is 5.94. The van der Waals surface area contributed by atoms with Crippen molar-refractivity contribution in [2.75, 3.05) is 0 Å². The molecule has 0 saturated carbocycles. The van der Waals surface area contributed by atoms with Gasteiger partial charge in [-0.1, -0.05) is 13.8 Å². The summed E-state index contributed by atoms with van der Waals surface area (Å²) in [6.45, 7) is 3.74. The summed E-state index contributed by atoms with van der Waals surface area (Å²) in [5.74, 6) is -1.56. The van der Waals surface area contributed by atoms with Crippen molar-refractivity contribution in [1.82, 2.24) is 15.1 Å². The summed E-state index contributed by atoms with van der Waals surface area (Å²) in [7, 11) is 1.42. The first kappa shape index (κ1) is 14.9. The van der Waals surface area contributed by atoms with Gasteiger partial charge in [0.25, 0.3) is 11.5 Å². The number of hydrogen-bond acceptors (Lipinski definition) is 4. The number of nitrogens with zero attached hydrogens (tertiary/aromatic N) is 2. The quantitative estimate of drug-likeness (QED) is 0.782. The Bertz CT molecular complexity index is 536. The largest absolute Gasteiger partial charge is 0.480 e. The van der Waals surface area contributed by atoms with E-state index in [1.54, 1.807) is 0 Å². The summed E-state index contributed by atoms with van der Waals surface area (Å²) in [6, 6.07) is 1.51. The van der Waals surface area contributed by atoms with Gasteiger partial charge < -0.3 is 10.4 Å². The summed E-state index contributed by atoms with van der Waals surface area (Å²) in [6.07, 6.45) is 0.326. The van der Waals surface area contributed by atoms with E-state index in [2.05, 4.69) is 10.4 Å². The Hall–Kier alpha value is -2.18. The Balaban J connectivity index is 2.84. The summed E-state index contributed by atoms with van der Waals surface area (Å²) in [5, 5.41) is 15.2. The third-order valence-corrected chi connectivity index (χ3v) is 2.50. The van der Waals surface area contributed by atoms with Crippen LogP contribution in [0.3, 0.4) is 0 Å². The SMILES string of the molecule is CC(C)C[C@H](NC(=O)c1ccc(=O)n(C)n1)C(=O)O. The molecule has 0 saturated heterocycles. The molecule has 7 heteroatoms. The van der Waals surface area contributed by atoms with Crippen molar-refractivity contribution < 1.29 is 14.7 Å². The molecule has 0 bridgehead atoms. The minimum atomic E-state index is -1.09. The minimum absolute atomic E-state index is 0.0112. The fraction of sp³-hybridized carbons (Fsp3) is 0.500. The highest BCUT2D eigenvalue weighted by Crippen LogP contribution is 2.05. The molecule has 0 aliphatic heterocycles. The molecule has 0 aliphatic carbocycles. The molecule has 1 aromatic heterocycles. The van der Waals surface area contributed by atoms with E-state index in [0.717, 1.165) is 4.68 Å². The van der Waals surface area contributed by atoms with Crippen molar-refractivity contribution in [3.63, 3.8) is 0 Å². The maximum Gasteiger partial charge on any atom is 0.326 e. The smallest absolute Gasteiger partial charge is 0.326 e. The molecule has 1 atom stereocenters. The van der Waals surface area contributed by atoms with Crippen LogP contribution in [0, 0.1) is 5.92 Å². The molecule has 0 fully saturated rings. The molecule has 19 heavy (non-hydrogen) atoms. The van der Waals surface area contributed by atoms with Gasteiger partial charge in [-0.25, -0.2) is 9.48 Å². The molecule has 2 N–H and O–H groups in total. The monoisotopic (exact) mass is 267 g/mol. The zero-order valence-electron chi connectivity index (χ0n) is 11.1. The molecule has 1 rings (SSSR count). The molecule has 0 unspecified atom stereocenters. The van der Waals surface area contributed by atoms with Crippen molar-refractivity contribution >= 4 is 11.9 Å². The summed E-state index contributed by atoms with van der Waals surface area (Å²) < 4.78 is 1.02. The third kappa shape index (κ3) is 4.20. The van der Waals surface area contributed by atoms with E-state index >= 15 is 0 Å². The van der Waals surface area contributed by atoms with Gasteiger partial charge >= 0.3 is 5.97 Å². The predicted octanol–water partition coefficient (Wildman–Crippen LogP) is 0.00940. The molecule has 0 aliphatic rings. The Morgan fingerprint density at radius 2 is 2.05 bits per heavy atom. The highest BCUT2D eigenvalue weighted by atomic mass is 16.4. The first-order chi connectivity index (χ1) is 8.81. The number of carboxylic acid groups (broad SMARTS) is 1. The molecule has 0 spiro atoms. The maximum atomic E-state index is 11.9. The van der Waals surface area contributed by atoms with Gasteiger partial charge in [-0.05, 0) is 18.4 Å². The van der Waals surface area contributed by atoms with Crippen molar-refractivity contribution in [1.29, 1.82) is 0 Å². The minimum Gasteiger partial charge on any atom is -0.480 e. The van der Waals surface area contributed by atoms with E-state index < -0.39 is 17.9 Å². The summed E-state index contributed by atoms with van der Waals surface area (Å²) in [5.41, 5.74) is -0.328. The number of aliphatic carboxylic acids is 1. The topological polar surface area (TPSA) is 101 Å². The lowest BCUT2D eigenvalue weighted by atomic mass is 10.0. The molecular formula is C12H17N3O4. The molecular weight excluding hydrogens is 250 g/mol. The zero-order chi connectivity index (χ0) is 14.6. The van der Waals surface area contributed by atoms with Crippen LogP contribution >= 0.6 is 0 Å². The van der Waals surface area contributed by atoms with Crippen LogP contribution in [0.4, 0.5) is 0 Å². The van der Waals surface area contributed by atoms with Gasteiger partial charge in [0.1, 0.15) is 11.7 Å². The summed E-state index contributed by atoms with van der Waals surface area (Å²) in [4.78, 5) is 34.0. The van der Waals surface area contributed by atoms with Crippen LogP contribution in [-0.2, 0) is 11.8 Å². The average molecular weight is 267 g/mol. The molecule has 1 amide bonds. The van der Waals surface area contributed by atoms with Gasteiger partial charge in [-0.3, -0.25) is 9.59 Å². The number of carboxylic acids is 1. The lowest BCUT2D eigenvalue weighted by molar-refractivity contribution is -0.139. The number of aromatic nitrogens is 2. The van der Waals surface area contributed by atoms with Crippen LogP contribution < -0.4 is 10.9 Å². The summed E-state index contributed by atoms with van der Waals surface area (Å²) >= 11 is 0. The molecule has 1 heterocycles. The Morgan fingerprint density at radius 3 is 2.53 bits per heavy atom. The van der Waals surface area contributed by atoms with Crippen LogP contribution in [-0.4, -0.2) is 32.8 Å². The average Bonchev–Trinajstić information content (AvgIpc) is 2.31. The second kappa shape index (κ2) is 6.12. The number of hydrogen-bond donors (Lipinski definition) is 2. The fourth-order valence-electron chi connectivity index (χ4n) is 1.55. The first-order valence-corrected chi connectivity index (χ1v) is 5.89. The van der Waals surface area contributed by atoms with Gasteiger partial charge in [0, 0.05) is 13.1 Å². The van der Waals surface area contributed by atoms with Crippen molar-refractivity contribution in [2.24, 2.45) is 13.0 Å². The maximum absolute atomic E-state index is 11.9. The predicted molar refractivity (Wildman–Crippen MR) is 67.8 cm³/mol. The van der Waals surface area contributed by atoms with Gasteiger partial charge in [0.15, 0.2) is 0 Å². The lowest BCUT2D eigenvalue weighted by Crippen LogP contribution is -2.42. The Morgan fingerprint density at radius 1 is 1.42 bits per heavy atom. The van der Waals surface area contributed by atoms with Crippen LogP contribution in [0.2, 0.25) is 0 Å². The fourth-order valence-corrected chi connectivity index (χ4v) is 1.55. The van der Waals surface area contributed by atoms with Crippen LogP contribution in [0.1, 0.15) is 30.8 Å². The second-order valence-electron chi connectivity index (χ2n) is 4.67. The standard InChI is InChI=1S/C12H17N3O4/c1-7(2)6-9(12(18)19)13-11(17)8-4-5-10(16)15(3)14-8/h4-5,7,9H,6H2,1-3H3,(H,13,17)(H,18,19)/t9-/m0/s1. The number of carbonyl (C=O) groups is 2. The molecule has 0 radical (unpaired) electrons. The van der Waals surface area contributed by atoms with E-state index in [0.29, 0.717) is 6.42 Å². The van der Waals surface area contributed by atoms with Crippen molar-refractivity contribution in [3.8, 4) is 0 Å². The van der Waals surface area contributed by atoms with E-state index in [9.17, 15) is 14.4 Å². The normalized spacial score (nSPS) is 12.2. The van der Waals surface area contributed by atoms with E-state index in [4.69, 9.17) is 5.11 Å².